The standard InChI is InChI=1S/C13H19NO2/c1-4-14-9-10-5-7-11(8-6-10)12(15)13(2,3)16/h5-8,14,16H,4,9H2,1-3H3. The van der Waals surface area contributed by atoms with Crippen LogP contribution in [-0.4, -0.2) is 23.0 Å². The third-order valence-electron chi connectivity index (χ3n) is 2.35. The summed E-state index contributed by atoms with van der Waals surface area (Å²) >= 11 is 0. The predicted octanol–water partition coefficient (Wildman–Crippen LogP) is 1.75. The van der Waals surface area contributed by atoms with E-state index in [9.17, 15) is 9.90 Å². The van der Waals surface area contributed by atoms with Gasteiger partial charge in [0.2, 0.25) is 0 Å². The molecule has 1 aromatic rings. The maximum atomic E-state index is 11.7. The summed E-state index contributed by atoms with van der Waals surface area (Å²) in [5, 5.41) is 12.8. The topological polar surface area (TPSA) is 49.3 Å². The average molecular weight is 221 g/mol. The highest BCUT2D eigenvalue weighted by Gasteiger charge is 2.24. The zero-order chi connectivity index (χ0) is 12.2. The van der Waals surface area contributed by atoms with Crippen molar-refractivity contribution in [1.82, 2.24) is 5.32 Å². The SMILES string of the molecule is CCNCc1ccc(C(=O)C(C)(C)O)cc1. The van der Waals surface area contributed by atoms with Gasteiger partial charge in [-0.25, -0.2) is 0 Å². The summed E-state index contributed by atoms with van der Waals surface area (Å²) in [4.78, 5) is 11.7. The Labute approximate surface area is 96.5 Å². The first-order valence-corrected chi connectivity index (χ1v) is 5.52. The first kappa shape index (κ1) is 12.9. The summed E-state index contributed by atoms with van der Waals surface area (Å²) in [5.41, 5.74) is 0.380. The highest BCUT2D eigenvalue weighted by molar-refractivity contribution is 6.01. The van der Waals surface area contributed by atoms with Gasteiger partial charge in [0.1, 0.15) is 5.60 Å². The van der Waals surface area contributed by atoms with Crippen molar-refractivity contribution in [3.05, 3.63) is 35.4 Å². The van der Waals surface area contributed by atoms with E-state index < -0.39 is 5.60 Å². The number of Topliss-reactive ketones (excluding diaryl/α,β-unsaturated/α-hetero) is 1. The largest absolute Gasteiger partial charge is 0.382 e. The first-order valence-electron chi connectivity index (χ1n) is 5.52. The summed E-state index contributed by atoms with van der Waals surface area (Å²) in [6, 6.07) is 7.32. The summed E-state index contributed by atoms with van der Waals surface area (Å²) < 4.78 is 0. The number of aliphatic hydroxyl groups is 1. The number of hydrogen-bond acceptors (Lipinski definition) is 3. The van der Waals surface area contributed by atoms with Gasteiger partial charge in [-0.15, -0.1) is 0 Å². The fraction of sp³-hybridized carbons (Fsp3) is 0.462. The summed E-state index contributed by atoms with van der Waals surface area (Å²) in [7, 11) is 0. The van der Waals surface area contributed by atoms with Gasteiger partial charge in [0.05, 0.1) is 0 Å². The van der Waals surface area contributed by atoms with Crippen molar-refractivity contribution in [2.24, 2.45) is 0 Å². The van der Waals surface area contributed by atoms with Crippen LogP contribution in [0.4, 0.5) is 0 Å². The van der Waals surface area contributed by atoms with Gasteiger partial charge in [0.15, 0.2) is 5.78 Å². The summed E-state index contributed by atoms with van der Waals surface area (Å²) in [6.07, 6.45) is 0. The van der Waals surface area contributed by atoms with Crippen molar-refractivity contribution < 1.29 is 9.90 Å². The van der Waals surface area contributed by atoms with Crippen LogP contribution < -0.4 is 5.32 Å². The zero-order valence-corrected chi connectivity index (χ0v) is 10.1. The normalized spacial score (nSPS) is 11.5. The van der Waals surface area contributed by atoms with Crippen LogP contribution >= 0.6 is 0 Å². The van der Waals surface area contributed by atoms with E-state index in [4.69, 9.17) is 0 Å². The Morgan fingerprint density at radius 1 is 1.31 bits per heavy atom. The molecule has 0 heterocycles. The van der Waals surface area contributed by atoms with Crippen LogP contribution in [0.2, 0.25) is 0 Å². The molecule has 0 amide bonds. The molecule has 0 saturated carbocycles. The second-order valence-corrected chi connectivity index (χ2v) is 4.37. The van der Waals surface area contributed by atoms with Crippen LogP contribution in [0.5, 0.6) is 0 Å². The smallest absolute Gasteiger partial charge is 0.193 e. The van der Waals surface area contributed by atoms with E-state index in [1.54, 1.807) is 12.1 Å². The average Bonchev–Trinajstić information content (AvgIpc) is 2.25. The van der Waals surface area contributed by atoms with Crippen molar-refractivity contribution in [3.63, 3.8) is 0 Å². The molecule has 0 aliphatic heterocycles. The molecule has 0 aliphatic carbocycles. The van der Waals surface area contributed by atoms with Gasteiger partial charge in [-0.05, 0) is 26.0 Å². The molecule has 0 fully saturated rings. The molecular formula is C13H19NO2. The van der Waals surface area contributed by atoms with E-state index in [0.29, 0.717) is 5.56 Å². The number of nitrogens with one attached hydrogen (secondary N) is 1. The maximum absolute atomic E-state index is 11.7. The van der Waals surface area contributed by atoms with Gasteiger partial charge in [-0.2, -0.15) is 0 Å². The lowest BCUT2D eigenvalue weighted by Crippen LogP contribution is -2.31. The fourth-order valence-corrected chi connectivity index (χ4v) is 1.40. The Bertz CT molecular complexity index is 349. The van der Waals surface area contributed by atoms with E-state index in [2.05, 4.69) is 5.32 Å². The van der Waals surface area contributed by atoms with Gasteiger partial charge in [0.25, 0.3) is 0 Å². The zero-order valence-electron chi connectivity index (χ0n) is 10.1. The second kappa shape index (κ2) is 5.23. The second-order valence-electron chi connectivity index (χ2n) is 4.37. The molecule has 16 heavy (non-hydrogen) atoms. The van der Waals surface area contributed by atoms with Gasteiger partial charge in [-0.1, -0.05) is 31.2 Å². The van der Waals surface area contributed by atoms with Crippen molar-refractivity contribution in [2.45, 2.75) is 32.9 Å². The van der Waals surface area contributed by atoms with Gasteiger partial charge in [-0.3, -0.25) is 4.79 Å². The molecule has 2 N–H and O–H groups in total. The van der Waals surface area contributed by atoms with Gasteiger partial charge < -0.3 is 10.4 Å². The molecule has 0 spiro atoms. The Morgan fingerprint density at radius 3 is 2.31 bits per heavy atom. The Morgan fingerprint density at radius 2 is 1.88 bits per heavy atom. The minimum absolute atomic E-state index is 0.248. The molecule has 3 nitrogen and oxygen atoms in total. The summed E-state index contributed by atoms with van der Waals surface area (Å²) in [5.74, 6) is -0.248. The Hall–Kier alpha value is -1.19. The molecular weight excluding hydrogens is 202 g/mol. The van der Waals surface area contributed by atoms with Crippen molar-refractivity contribution in [2.75, 3.05) is 6.54 Å². The molecule has 1 aromatic carbocycles. The highest BCUT2D eigenvalue weighted by atomic mass is 16.3. The van der Waals surface area contributed by atoms with Crippen LogP contribution in [0.1, 0.15) is 36.7 Å². The van der Waals surface area contributed by atoms with Crippen molar-refractivity contribution in [3.8, 4) is 0 Å². The van der Waals surface area contributed by atoms with E-state index in [1.807, 2.05) is 19.1 Å². The fourth-order valence-electron chi connectivity index (χ4n) is 1.40. The molecule has 3 heteroatoms. The van der Waals surface area contributed by atoms with E-state index in [0.717, 1.165) is 18.7 Å². The summed E-state index contributed by atoms with van der Waals surface area (Å²) in [6.45, 7) is 6.77. The van der Waals surface area contributed by atoms with Crippen molar-refractivity contribution >= 4 is 5.78 Å². The highest BCUT2D eigenvalue weighted by Crippen LogP contribution is 2.13. The number of carbonyl (C=O) groups is 1. The molecule has 0 unspecified atom stereocenters. The van der Waals surface area contributed by atoms with Crippen LogP contribution in [-0.2, 0) is 6.54 Å². The van der Waals surface area contributed by atoms with Crippen LogP contribution in [0.3, 0.4) is 0 Å². The maximum Gasteiger partial charge on any atom is 0.193 e. The number of ketones is 1. The van der Waals surface area contributed by atoms with Crippen LogP contribution in [0.15, 0.2) is 24.3 Å². The first-order chi connectivity index (χ1) is 7.45. The lowest BCUT2D eigenvalue weighted by molar-refractivity contribution is 0.0488. The molecule has 0 aliphatic rings. The molecule has 0 aromatic heterocycles. The predicted molar refractivity (Wildman–Crippen MR) is 64.5 cm³/mol. The number of hydrogen-bond donors (Lipinski definition) is 2. The quantitative estimate of drug-likeness (QED) is 0.745. The molecule has 1 rings (SSSR count). The third kappa shape index (κ3) is 3.43. The Kier molecular flexibility index (Phi) is 4.21. The van der Waals surface area contributed by atoms with Crippen LogP contribution in [0, 0.1) is 0 Å². The van der Waals surface area contributed by atoms with E-state index in [-0.39, 0.29) is 5.78 Å². The van der Waals surface area contributed by atoms with Crippen LogP contribution in [0.25, 0.3) is 0 Å². The molecule has 0 radical (unpaired) electrons. The lowest BCUT2D eigenvalue weighted by atomic mass is 9.96. The molecule has 0 saturated heterocycles. The van der Waals surface area contributed by atoms with Gasteiger partial charge >= 0.3 is 0 Å². The lowest BCUT2D eigenvalue weighted by Gasteiger charge is -2.15. The monoisotopic (exact) mass is 221 g/mol. The number of carbonyl (C=O) groups excluding carboxylic acids is 1. The number of benzene rings is 1. The minimum Gasteiger partial charge on any atom is -0.382 e. The molecule has 0 bridgehead atoms. The number of rotatable bonds is 5. The Balaban J connectivity index is 2.75. The van der Waals surface area contributed by atoms with Gasteiger partial charge in [0, 0.05) is 12.1 Å². The minimum atomic E-state index is -1.30. The third-order valence-corrected chi connectivity index (χ3v) is 2.35. The van der Waals surface area contributed by atoms with E-state index >= 15 is 0 Å². The molecule has 88 valence electrons. The molecule has 0 atom stereocenters. The van der Waals surface area contributed by atoms with E-state index in [1.165, 1.54) is 13.8 Å². The van der Waals surface area contributed by atoms with Crippen molar-refractivity contribution in [1.29, 1.82) is 0 Å².